The van der Waals surface area contributed by atoms with Crippen LogP contribution in [0.25, 0.3) is 0 Å². The molecule has 6 nitrogen and oxygen atoms in total. The third kappa shape index (κ3) is 6.63. The van der Waals surface area contributed by atoms with Crippen LogP contribution in [-0.2, 0) is 17.9 Å². The molecule has 1 aromatic heterocycles. The van der Waals surface area contributed by atoms with Gasteiger partial charge in [0, 0.05) is 30.1 Å². The van der Waals surface area contributed by atoms with Crippen molar-refractivity contribution in [1.82, 2.24) is 15.6 Å². The number of ether oxygens (including phenoxy) is 1. The molecule has 0 saturated heterocycles. The zero-order valence-electron chi connectivity index (χ0n) is 18.0. The maximum absolute atomic E-state index is 13.1. The molecule has 166 valence electrons. The lowest BCUT2D eigenvalue weighted by atomic mass is 10.0. The van der Waals surface area contributed by atoms with E-state index in [2.05, 4.69) is 15.6 Å². The largest absolute Gasteiger partial charge is 0.489 e. The van der Waals surface area contributed by atoms with Crippen LogP contribution in [0.5, 0.6) is 5.75 Å². The zero-order valence-corrected chi connectivity index (χ0v) is 18.0. The SMILES string of the molecule is CC(C)C(NC(=O)c1ccc(F)cc1)C(=O)NCc1ccc(OCc2cccnc2)cc1. The van der Waals surface area contributed by atoms with Gasteiger partial charge in [-0.2, -0.15) is 0 Å². The zero-order chi connectivity index (χ0) is 22.9. The molecule has 32 heavy (non-hydrogen) atoms. The number of nitrogens with zero attached hydrogens (tertiary/aromatic N) is 1. The summed E-state index contributed by atoms with van der Waals surface area (Å²) in [4.78, 5) is 29.2. The summed E-state index contributed by atoms with van der Waals surface area (Å²) in [6.07, 6.45) is 3.47. The summed E-state index contributed by atoms with van der Waals surface area (Å²) in [7, 11) is 0. The molecule has 2 amide bonds. The first-order valence-electron chi connectivity index (χ1n) is 10.4. The number of amides is 2. The molecule has 0 fully saturated rings. The van der Waals surface area contributed by atoms with E-state index in [4.69, 9.17) is 4.74 Å². The number of halogens is 1. The van der Waals surface area contributed by atoms with Crippen molar-refractivity contribution in [1.29, 1.82) is 0 Å². The van der Waals surface area contributed by atoms with Crippen molar-refractivity contribution < 1.29 is 18.7 Å². The van der Waals surface area contributed by atoms with E-state index in [1.165, 1.54) is 24.3 Å². The van der Waals surface area contributed by atoms with E-state index in [1.807, 2.05) is 50.2 Å². The fourth-order valence-electron chi connectivity index (χ4n) is 3.01. The maximum Gasteiger partial charge on any atom is 0.251 e. The van der Waals surface area contributed by atoms with Gasteiger partial charge in [0.1, 0.15) is 24.2 Å². The van der Waals surface area contributed by atoms with E-state index in [0.717, 1.165) is 16.9 Å². The van der Waals surface area contributed by atoms with E-state index >= 15 is 0 Å². The average Bonchev–Trinajstić information content (AvgIpc) is 2.81. The summed E-state index contributed by atoms with van der Waals surface area (Å²) in [6.45, 7) is 4.44. The van der Waals surface area contributed by atoms with Gasteiger partial charge in [-0.1, -0.05) is 32.0 Å². The van der Waals surface area contributed by atoms with E-state index in [0.29, 0.717) is 18.7 Å². The van der Waals surface area contributed by atoms with Gasteiger partial charge in [-0.3, -0.25) is 14.6 Å². The highest BCUT2D eigenvalue weighted by atomic mass is 19.1. The second-order valence-electron chi connectivity index (χ2n) is 7.71. The lowest BCUT2D eigenvalue weighted by molar-refractivity contribution is -0.124. The summed E-state index contributed by atoms with van der Waals surface area (Å²) in [5.74, 6) is -0.535. The number of aromatic nitrogens is 1. The summed E-state index contributed by atoms with van der Waals surface area (Å²) in [5.41, 5.74) is 2.18. The quantitative estimate of drug-likeness (QED) is 0.535. The lowest BCUT2D eigenvalue weighted by Gasteiger charge is -2.22. The Kier molecular flexibility index (Phi) is 7.91. The second kappa shape index (κ2) is 11.0. The van der Waals surface area contributed by atoms with Crippen molar-refractivity contribution in [3.8, 4) is 5.75 Å². The van der Waals surface area contributed by atoms with Gasteiger partial charge >= 0.3 is 0 Å². The lowest BCUT2D eigenvalue weighted by Crippen LogP contribution is -2.49. The number of hydrogen-bond acceptors (Lipinski definition) is 4. The molecule has 2 N–H and O–H groups in total. The smallest absolute Gasteiger partial charge is 0.251 e. The molecule has 1 unspecified atom stereocenters. The fourth-order valence-corrected chi connectivity index (χ4v) is 3.01. The highest BCUT2D eigenvalue weighted by molar-refractivity contribution is 5.97. The molecule has 7 heteroatoms. The predicted molar refractivity (Wildman–Crippen MR) is 119 cm³/mol. The van der Waals surface area contributed by atoms with Crippen LogP contribution < -0.4 is 15.4 Å². The first-order valence-corrected chi connectivity index (χ1v) is 10.4. The summed E-state index contributed by atoms with van der Waals surface area (Å²) in [6, 6.07) is 15.7. The highest BCUT2D eigenvalue weighted by Crippen LogP contribution is 2.14. The Bertz CT molecular complexity index is 1020. The minimum absolute atomic E-state index is 0.123. The number of carbonyl (C=O) groups excluding carboxylic acids is 2. The first kappa shape index (κ1) is 22.9. The molecule has 3 aromatic rings. The monoisotopic (exact) mass is 435 g/mol. The minimum atomic E-state index is -0.713. The second-order valence-corrected chi connectivity index (χ2v) is 7.71. The summed E-state index contributed by atoms with van der Waals surface area (Å²) < 4.78 is 18.8. The normalized spacial score (nSPS) is 11.6. The number of pyridine rings is 1. The van der Waals surface area contributed by atoms with E-state index in [1.54, 1.807) is 12.4 Å². The van der Waals surface area contributed by atoms with Gasteiger partial charge in [0.2, 0.25) is 5.91 Å². The van der Waals surface area contributed by atoms with E-state index in [-0.39, 0.29) is 11.8 Å². The Morgan fingerprint density at radius 3 is 2.34 bits per heavy atom. The average molecular weight is 435 g/mol. The topological polar surface area (TPSA) is 80.3 Å². The minimum Gasteiger partial charge on any atom is -0.489 e. The van der Waals surface area contributed by atoms with Gasteiger partial charge in [-0.25, -0.2) is 4.39 Å². The van der Waals surface area contributed by atoms with Crippen molar-refractivity contribution in [3.05, 3.63) is 95.6 Å². The number of nitrogens with one attached hydrogen (secondary N) is 2. The summed E-state index contributed by atoms with van der Waals surface area (Å²) in [5, 5.41) is 5.59. The van der Waals surface area contributed by atoms with Gasteiger partial charge < -0.3 is 15.4 Å². The van der Waals surface area contributed by atoms with Crippen molar-refractivity contribution in [2.24, 2.45) is 5.92 Å². The van der Waals surface area contributed by atoms with Crippen LogP contribution in [-0.4, -0.2) is 22.8 Å². The van der Waals surface area contributed by atoms with Crippen molar-refractivity contribution in [3.63, 3.8) is 0 Å². The first-order chi connectivity index (χ1) is 15.4. The summed E-state index contributed by atoms with van der Waals surface area (Å²) >= 11 is 0. The Balaban J connectivity index is 1.52. The van der Waals surface area contributed by atoms with Crippen molar-refractivity contribution in [2.75, 3.05) is 0 Å². The number of benzene rings is 2. The molecule has 0 aliphatic rings. The molecule has 0 spiro atoms. The van der Waals surface area contributed by atoms with Crippen LogP contribution in [0.15, 0.2) is 73.1 Å². The maximum atomic E-state index is 13.1. The van der Waals surface area contributed by atoms with Crippen LogP contribution in [0.1, 0.15) is 35.3 Å². The molecule has 0 radical (unpaired) electrons. The van der Waals surface area contributed by atoms with Crippen LogP contribution in [0.4, 0.5) is 4.39 Å². The molecule has 0 saturated carbocycles. The Labute approximate surface area is 186 Å². The molecule has 0 aliphatic heterocycles. The number of hydrogen-bond donors (Lipinski definition) is 2. The molecule has 0 aliphatic carbocycles. The third-order valence-corrected chi connectivity index (χ3v) is 4.86. The Morgan fingerprint density at radius 1 is 1.00 bits per heavy atom. The van der Waals surface area contributed by atoms with Crippen LogP contribution in [0.2, 0.25) is 0 Å². The fraction of sp³-hybridized carbons (Fsp3) is 0.240. The predicted octanol–water partition coefficient (Wildman–Crippen LogP) is 3.87. The van der Waals surface area contributed by atoms with Gasteiger partial charge in [0.25, 0.3) is 5.91 Å². The number of rotatable bonds is 9. The Morgan fingerprint density at radius 2 is 1.72 bits per heavy atom. The third-order valence-electron chi connectivity index (χ3n) is 4.86. The molecular weight excluding hydrogens is 409 g/mol. The van der Waals surface area contributed by atoms with Crippen molar-refractivity contribution in [2.45, 2.75) is 33.0 Å². The van der Waals surface area contributed by atoms with Gasteiger partial charge in [0.15, 0.2) is 0 Å². The van der Waals surface area contributed by atoms with Crippen LogP contribution in [0, 0.1) is 11.7 Å². The molecule has 1 heterocycles. The van der Waals surface area contributed by atoms with Gasteiger partial charge in [0.05, 0.1) is 0 Å². The Hall–Kier alpha value is -3.74. The number of carbonyl (C=O) groups is 2. The van der Waals surface area contributed by atoms with E-state index in [9.17, 15) is 14.0 Å². The molecule has 3 rings (SSSR count). The van der Waals surface area contributed by atoms with Crippen LogP contribution in [0.3, 0.4) is 0 Å². The standard InChI is InChI=1S/C25H26FN3O3/c1-17(2)23(29-24(30)20-7-9-21(26)10-8-20)25(31)28-15-18-5-11-22(12-6-18)32-16-19-4-3-13-27-14-19/h3-14,17,23H,15-16H2,1-2H3,(H,28,31)(H,29,30). The molecule has 0 bridgehead atoms. The van der Waals surface area contributed by atoms with Gasteiger partial charge in [-0.15, -0.1) is 0 Å². The van der Waals surface area contributed by atoms with Gasteiger partial charge in [-0.05, 0) is 53.9 Å². The highest BCUT2D eigenvalue weighted by Gasteiger charge is 2.24. The molecule has 1 atom stereocenters. The molecule has 2 aromatic carbocycles. The molecular formula is C25H26FN3O3. The van der Waals surface area contributed by atoms with E-state index < -0.39 is 17.8 Å². The van der Waals surface area contributed by atoms with Crippen molar-refractivity contribution >= 4 is 11.8 Å². The van der Waals surface area contributed by atoms with Crippen LogP contribution >= 0.6 is 0 Å².